The van der Waals surface area contributed by atoms with Crippen LogP contribution in [0.2, 0.25) is 0 Å². The molecule has 0 unspecified atom stereocenters. The number of carbonyl (C=O) groups is 1. The van der Waals surface area contributed by atoms with Gasteiger partial charge in [-0.15, -0.1) is 10.2 Å². The molecule has 0 radical (unpaired) electrons. The Bertz CT molecular complexity index is 1400. The summed E-state index contributed by atoms with van der Waals surface area (Å²) in [7, 11) is 0. The van der Waals surface area contributed by atoms with E-state index in [0.717, 1.165) is 26.5 Å². The third-order valence-corrected chi connectivity index (χ3v) is 6.98. The number of nitrogens with one attached hydrogen (secondary N) is 1. The quantitative estimate of drug-likeness (QED) is 0.254. The van der Waals surface area contributed by atoms with Gasteiger partial charge in [0.25, 0.3) is 5.91 Å². The molecule has 0 atom stereocenters. The first-order valence-electron chi connectivity index (χ1n) is 10.3. The van der Waals surface area contributed by atoms with Gasteiger partial charge in [-0.3, -0.25) is 4.79 Å². The summed E-state index contributed by atoms with van der Waals surface area (Å²) in [4.78, 5) is 21.8. The van der Waals surface area contributed by atoms with Crippen molar-refractivity contribution in [3.63, 3.8) is 0 Å². The molecule has 7 nitrogen and oxygen atoms in total. The molecule has 1 N–H and O–H groups in total. The zero-order valence-corrected chi connectivity index (χ0v) is 19.3. The minimum Gasteiger partial charge on any atom is -0.461 e. The van der Waals surface area contributed by atoms with Gasteiger partial charge in [0.15, 0.2) is 11.6 Å². The maximum atomic E-state index is 12.5. The van der Waals surface area contributed by atoms with E-state index < -0.39 is 0 Å². The molecule has 5 aromatic rings. The summed E-state index contributed by atoms with van der Waals surface area (Å²) in [5, 5.41) is 14.1. The Kier molecular flexibility index (Phi) is 6.14. The lowest BCUT2D eigenvalue weighted by Crippen LogP contribution is -2.22. The molecular weight excluding hydrogens is 454 g/mol. The molecule has 0 aliphatic carbocycles. The SMILES string of the molecule is Cc1ccc(CNC(=O)c2nnc(CSc3nc(-c4ccco4)nc4ccccc34)s2)cc1. The van der Waals surface area contributed by atoms with E-state index in [1.807, 2.05) is 67.6 Å². The number of hydrogen-bond donors (Lipinski definition) is 1. The van der Waals surface area contributed by atoms with Crippen molar-refractivity contribution in [2.75, 3.05) is 0 Å². The lowest BCUT2D eigenvalue weighted by atomic mass is 10.1. The summed E-state index contributed by atoms with van der Waals surface area (Å²) < 4.78 is 5.48. The number of nitrogens with zero attached hydrogens (tertiary/aromatic N) is 4. The summed E-state index contributed by atoms with van der Waals surface area (Å²) in [6, 6.07) is 19.6. The van der Waals surface area contributed by atoms with E-state index in [1.54, 1.807) is 6.26 Å². The van der Waals surface area contributed by atoms with E-state index in [9.17, 15) is 4.79 Å². The second-order valence-corrected chi connectivity index (χ2v) is 9.33. The van der Waals surface area contributed by atoms with Gasteiger partial charge in [-0.25, -0.2) is 9.97 Å². The molecule has 1 amide bonds. The van der Waals surface area contributed by atoms with Gasteiger partial charge in [-0.05, 0) is 30.7 Å². The van der Waals surface area contributed by atoms with Crippen LogP contribution in [0.1, 0.15) is 25.9 Å². The zero-order chi connectivity index (χ0) is 22.6. The van der Waals surface area contributed by atoms with Crippen LogP contribution in [0.3, 0.4) is 0 Å². The van der Waals surface area contributed by atoms with Crippen LogP contribution >= 0.6 is 23.1 Å². The summed E-state index contributed by atoms with van der Waals surface area (Å²) in [6.07, 6.45) is 1.60. The molecule has 0 aliphatic heterocycles. The van der Waals surface area contributed by atoms with E-state index in [4.69, 9.17) is 9.40 Å². The summed E-state index contributed by atoms with van der Waals surface area (Å²) >= 11 is 2.82. The van der Waals surface area contributed by atoms with Gasteiger partial charge in [0.1, 0.15) is 10.0 Å². The fraction of sp³-hybridized carbons (Fsp3) is 0.125. The molecule has 0 saturated heterocycles. The molecular formula is C24H19N5O2S2. The Morgan fingerprint density at radius 3 is 2.70 bits per heavy atom. The Balaban J connectivity index is 1.28. The normalized spacial score (nSPS) is 11.1. The first-order valence-corrected chi connectivity index (χ1v) is 12.1. The van der Waals surface area contributed by atoms with E-state index in [1.165, 1.54) is 28.7 Å². The van der Waals surface area contributed by atoms with Gasteiger partial charge in [0, 0.05) is 11.9 Å². The predicted octanol–water partition coefficient (Wildman–Crippen LogP) is 5.27. The highest BCUT2D eigenvalue weighted by atomic mass is 32.2. The van der Waals surface area contributed by atoms with E-state index in [2.05, 4.69) is 20.5 Å². The number of aromatic nitrogens is 4. The molecule has 2 aromatic carbocycles. The molecule has 0 saturated carbocycles. The van der Waals surface area contributed by atoms with Crippen LogP contribution in [-0.2, 0) is 12.3 Å². The third kappa shape index (κ3) is 4.94. The molecule has 9 heteroatoms. The van der Waals surface area contributed by atoms with Crippen molar-refractivity contribution in [1.29, 1.82) is 0 Å². The van der Waals surface area contributed by atoms with Crippen molar-refractivity contribution >= 4 is 39.9 Å². The smallest absolute Gasteiger partial charge is 0.282 e. The van der Waals surface area contributed by atoms with Crippen LogP contribution in [0.15, 0.2) is 76.4 Å². The predicted molar refractivity (Wildman–Crippen MR) is 129 cm³/mol. The number of para-hydroxylation sites is 1. The van der Waals surface area contributed by atoms with Crippen LogP contribution < -0.4 is 5.32 Å². The van der Waals surface area contributed by atoms with Gasteiger partial charge >= 0.3 is 0 Å². The van der Waals surface area contributed by atoms with Crippen molar-refractivity contribution in [2.24, 2.45) is 0 Å². The molecule has 3 heterocycles. The second kappa shape index (κ2) is 9.51. The van der Waals surface area contributed by atoms with Crippen LogP contribution in [0, 0.1) is 6.92 Å². The second-order valence-electron chi connectivity index (χ2n) is 7.30. The lowest BCUT2D eigenvalue weighted by molar-refractivity contribution is 0.0950. The van der Waals surface area contributed by atoms with Crippen LogP contribution in [0.4, 0.5) is 0 Å². The highest BCUT2D eigenvalue weighted by molar-refractivity contribution is 7.98. The Morgan fingerprint density at radius 1 is 1.03 bits per heavy atom. The first kappa shape index (κ1) is 21.3. The number of rotatable bonds is 7. The highest BCUT2D eigenvalue weighted by Crippen LogP contribution is 2.31. The monoisotopic (exact) mass is 473 g/mol. The maximum absolute atomic E-state index is 12.5. The van der Waals surface area contributed by atoms with E-state index >= 15 is 0 Å². The fourth-order valence-corrected chi connectivity index (χ4v) is 4.93. The van der Waals surface area contributed by atoms with Gasteiger partial charge in [0.05, 0.1) is 17.5 Å². The van der Waals surface area contributed by atoms with Crippen molar-refractivity contribution < 1.29 is 9.21 Å². The van der Waals surface area contributed by atoms with Crippen LogP contribution in [0.5, 0.6) is 0 Å². The Hall–Kier alpha value is -3.56. The molecule has 5 rings (SSSR count). The summed E-state index contributed by atoms with van der Waals surface area (Å²) in [5.74, 6) is 1.47. The number of hydrogen-bond acceptors (Lipinski definition) is 8. The largest absolute Gasteiger partial charge is 0.461 e. The summed E-state index contributed by atoms with van der Waals surface area (Å²) in [6.45, 7) is 2.48. The van der Waals surface area contributed by atoms with E-state index in [0.29, 0.717) is 28.9 Å². The molecule has 0 bridgehead atoms. The molecule has 0 spiro atoms. The number of fused-ring (bicyclic) bond motifs is 1. The minimum absolute atomic E-state index is 0.225. The van der Waals surface area contributed by atoms with Crippen molar-refractivity contribution in [1.82, 2.24) is 25.5 Å². The fourth-order valence-electron chi connectivity index (χ4n) is 3.17. The standard InChI is InChI=1S/C24H19N5O2S2/c1-15-8-10-16(11-9-15)13-25-22(30)24-29-28-20(33-24)14-32-23-17-5-2-3-6-18(17)26-21(27-23)19-7-4-12-31-19/h2-12H,13-14H2,1H3,(H,25,30). The molecule has 164 valence electrons. The van der Waals surface area contributed by atoms with Crippen molar-refractivity contribution in [3.05, 3.63) is 88.1 Å². The lowest BCUT2D eigenvalue weighted by Gasteiger charge is -2.06. The third-order valence-electron chi connectivity index (χ3n) is 4.88. The topological polar surface area (TPSA) is 93.8 Å². The zero-order valence-electron chi connectivity index (χ0n) is 17.7. The first-order chi connectivity index (χ1) is 16.2. The van der Waals surface area contributed by atoms with Gasteiger partial charge in [-0.2, -0.15) is 0 Å². The molecule has 3 aromatic heterocycles. The van der Waals surface area contributed by atoms with Crippen LogP contribution in [0.25, 0.3) is 22.5 Å². The number of amides is 1. The van der Waals surface area contributed by atoms with Crippen LogP contribution in [-0.4, -0.2) is 26.1 Å². The number of aryl methyl sites for hydroxylation is 1. The van der Waals surface area contributed by atoms with E-state index in [-0.39, 0.29) is 5.91 Å². The average molecular weight is 474 g/mol. The maximum Gasteiger partial charge on any atom is 0.282 e. The average Bonchev–Trinajstić information content (AvgIpc) is 3.54. The Labute approximate surface area is 198 Å². The number of furan rings is 1. The minimum atomic E-state index is -0.225. The number of benzene rings is 2. The highest BCUT2D eigenvalue weighted by Gasteiger charge is 2.15. The number of carbonyl (C=O) groups excluding carboxylic acids is 1. The molecule has 33 heavy (non-hydrogen) atoms. The summed E-state index contributed by atoms with van der Waals surface area (Å²) in [5.41, 5.74) is 3.07. The number of thioether (sulfide) groups is 1. The van der Waals surface area contributed by atoms with Gasteiger partial charge in [-0.1, -0.05) is 71.1 Å². The van der Waals surface area contributed by atoms with Gasteiger partial charge < -0.3 is 9.73 Å². The Morgan fingerprint density at radius 2 is 1.88 bits per heavy atom. The van der Waals surface area contributed by atoms with Crippen molar-refractivity contribution in [2.45, 2.75) is 24.2 Å². The molecule has 0 fully saturated rings. The van der Waals surface area contributed by atoms with Gasteiger partial charge in [0.2, 0.25) is 5.01 Å². The molecule has 0 aliphatic rings. The van der Waals surface area contributed by atoms with Crippen molar-refractivity contribution in [3.8, 4) is 11.6 Å².